The Morgan fingerprint density at radius 2 is 1.57 bits per heavy atom. The zero-order valence-electron chi connectivity index (χ0n) is 21.0. The van der Waals surface area contributed by atoms with Gasteiger partial charge in [0.1, 0.15) is 12.0 Å². The fourth-order valence-corrected chi connectivity index (χ4v) is 5.54. The number of nitrogens with one attached hydrogen (secondary N) is 1. The van der Waals surface area contributed by atoms with Gasteiger partial charge < -0.3 is 14.8 Å². The third kappa shape index (κ3) is 6.01. The van der Waals surface area contributed by atoms with E-state index < -0.39 is 0 Å². The highest BCUT2D eigenvalue weighted by atomic mass is 16.3. The number of aromatic hydroxyl groups is 1. The second-order valence-electron chi connectivity index (χ2n) is 9.94. The van der Waals surface area contributed by atoms with Crippen LogP contribution in [0.4, 0.5) is 0 Å². The molecule has 1 atom stereocenters. The van der Waals surface area contributed by atoms with Crippen molar-refractivity contribution in [2.45, 2.75) is 50.5 Å². The Hall–Kier alpha value is -2.95. The average molecular weight is 471 g/mol. The molecule has 1 unspecified atom stereocenters. The molecule has 1 fully saturated rings. The number of rotatable bonds is 6. The smallest absolute Gasteiger partial charge is 0.133 e. The van der Waals surface area contributed by atoms with E-state index in [1.54, 1.807) is 23.3 Å². The van der Waals surface area contributed by atoms with Crippen LogP contribution in [0, 0.1) is 0 Å². The number of aldehydes is 1. The minimum atomic E-state index is -0.0493. The Labute approximate surface area is 210 Å². The highest BCUT2D eigenvalue weighted by molar-refractivity contribution is 5.52. The van der Waals surface area contributed by atoms with Gasteiger partial charge in [0.15, 0.2) is 0 Å². The molecule has 2 N–H and O–H groups in total. The summed E-state index contributed by atoms with van der Waals surface area (Å²) in [7, 11) is 2.24. The first-order chi connectivity index (χ1) is 17.0. The van der Waals surface area contributed by atoms with Crippen LogP contribution in [0.2, 0.25) is 0 Å². The molecule has 1 aliphatic carbocycles. The van der Waals surface area contributed by atoms with Crippen LogP contribution in [-0.2, 0) is 23.1 Å². The van der Waals surface area contributed by atoms with Crippen LogP contribution >= 0.6 is 0 Å². The summed E-state index contributed by atoms with van der Waals surface area (Å²) in [6.07, 6.45) is 7.28. The molecule has 0 amide bonds. The first kappa shape index (κ1) is 25.2. The molecule has 184 valence electrons. The maximum Gasteiger partial charge on any atom is 0.133 e. The van der Waals surface area contributed by atoms with Crippen molar-refractivity contribution in [3.63, 3.8) is 0 Å². The maximum absolute atomic E-state index is 10.6. The van der Waals surface area contributed by atoms with Crippen LogP contribution in [0.15, 0.2) is 72.8 Å². The van der Waals surface area contributed by atoms with E-state index in [0.29, 0.717) is 12.0 Å². The topological polar surface area (TPSA) is 52.6 Å². The van der Waals surface area contributed by atoms with Gasteiger partial charge in [-0.05, 0) is 97.6 Å². The van der Waals surface area contributed by atoms with E-state index in [0.717, 1.165) is 23.8 Å². The van der Waals surface area contributed by atoms with E-state index in [2.05, 4.69) is 72.7 Å². The molecule has 5 rings (SSSR count). The molecule has 2 aliphatic rings. The fraction of sp³-hybridized carbons (Fsp3) is 0.387. The van der Waals surface area contributed by atoms with Crippen LogP contribution in [0.3, 0.4) is 0 Å². The Balaban J connectivity index is 0.000000171. The summed E-state index contributed by atoms with van der Waals surface area (Å²) < 4.78 is 0. The second-order valence-corrected chi connectivity index (χ2v) is 9.94. The van der Waals surface area contributed by atoms with Crippen molar-refractivity contribution < 1.29 is 9.90 Å². The number of likely N-dealkylation sites (tertiary alicyclic amines) is 1. The number of phenols is 1. The first-order valence-corrected chi connectivity index (χ1v) is 12.9. The standard InChI is InChI=1S/C17H19NO2.C14H19N/c1-2-13-3-5-14(6-4-13)17(18-11-12-19)15-7-9-16(20)10-8-15;1-15-10-8-14(9-11-15)7-6-12-4-2-3-5-13(12)14/h3-10,12,17-18,20H,2,11H2,1H3;2-5H,6-11H2,1H3. The van der Waals surface area contributed by atoms with Crippen molar-refractivity contribution in [3.8, 4) is 5.75 Å². The summed E-state index contributed by atoms with van der Waals surface area (Å²) in [5.74, 6) is 0.240. The molecular weight excluding hydrogens is 432 g/mol. The number of carbonyl (C=O) groups excluding carboxylic acids is 1. The highest BCUT2D eigenvalue weighted by Crippen LogP contribution is 2.45. The molecule has 0 bridgehead atoms. The molecule has 4 nitrogen and oxygen atoms in total. The van der Waals surface area contributed by atoms with Gasteiger partial charge in [-0.25, -0.2) is 0 Å². The third-order valence-corrected chi connectivity index (χ3v) is 7.76. The minimum Gasteiger partial charge on any atom is -0.508 e. The molecule has 1 saturated heterocycles. The number of benzene rings is 3. The number of hydrogen-bond donors (Lipinski definition) is 2. The molecule has 3 aromatic carbocycles. The van der Waals surface area contributed by atoms with Crippen LogP contribution in [0.1, 0.15) is 60.0 Å². The van der Waals surface area contributed by atoms with Gasteiger partial charge in [0.05, 0.1) is 12.6 Å². The number of hydrogen-bond acceptors (Lipinski definition) is 4. The van der Waals surface area contributed by atoms with Crippen molar-refractivity contribution in [1.82, 2.24) is 10.2 Å². The minimum absolute atomic E-state index is 0.0493. The van der Waals surface area contributed by atoms with Crippen LogP contribution < -0.4 is 5.32 Å². The molecule has 4 heteroatoms. The zero-order chi connectivity index (χ0) is 24.7. The monoisotopic (exact) mass is 470 g/mol. The van der Waals surface area contributed by atoms with Gasteiger partial charge in [0.2, 0.25) is 0 Å². The normalized spacial score (nSPS) is 17.3. The van der Waals surface area contributed by atoms with Crippen LogP contribution in [0.5, 0.6) is 5.75 Å². The molecule has 3 aromatic rings. The SMILES string of the molecule is CCc1ccc(C(NCC=O)c2ccc(O)cc2)cc1.CN1CCC2(CCc3ccccc32)CC1. The predicted molar refractivity (Wildman–Crippen MR) is 143 cm³/mol. The Kier molecular flexibility index (Phi) is 8.37. The molecule has 1 aliphatic heterocycles. The van der Waals surface area contributed by atoms with Crippen molar-refractivity contribution >= 4 is 6.29 Å². The van der Waals surface area contributed by atoms with Gasteiger partial charge in [0, 0.05) is 0 Å². The molecule has 0 aromatic heterocycles. The van der Waals surface area contributed by atoms with E-state index in [1.807, 2.05) is 12.1 Å². The van der Waals surface area contributed by atoms with Gasteiger partial charge >= 0.3 is 0 Å². The van der Waals surface area contributed by atoms with Gasteiger partial charge in [-0.3, -0.25) is 5.32 Å². The lowest BCUT2D eigenvalue weighted by molar-refractivity contribution is -0.107. The summed E-state index contributed by atoms with van der Waals surface area (Å²) in [6.45, 7) is 4.96. The highest BCUT2D eigenvalue weighted by Gasteiger charge is 2.40. The number of nitrogens with zero attached hydrogens (tertiary/aromatic N) is 1. The summed E-state index contributed by atoms with van der Waals surface area (Å²) in [5, 5.41) is 12.6. The average Bonchev–Trinajstić information content (AvgIpc) is 3.26. The van der Waals surface area contributed by atoms with E-state index in [-0.39, 0.29) is 11.8 Å². The quantitative estimate of drug-likeness (QED) is 0.472. The zero-order valence-corrected chi connectivity index (χ0v) is 21.0. The van der Waals surface area contributed by atoms with Crippen molar-refractivity contribution in [2.75, 3.05) is 26.7 Å². The van der Waals surface area contributed by atoms with E-state index in [9.17, 15) is 9.90 Å². The van der Waals surface area contributed by atoms with Crippen LogP contribution in [0.25, 0.3) is 0 Å². The number of aryl methyl sites for hydroxylation is 2. The summed E-state index contributed by atoms with van der Waals surface area (Å²) in [6, 6.07) is 24.5. The predicted octanol–water partition coefficient (Wildman–Crippen LogP) is 5.43. The van der Waals surface area contributed by atoms with Gasteiger partial charge in [0.25, 0.3) is 0 Å². The maximum atomic E-state index is 10.6. The summed E-state index contributed by atoms with van der Waals surface area (Å²) >= 11 is 0. The summed E-state index contributed by atoms with van der Waals surface area (Å²) in [4.78, 5) is 13.1. The Morgan fingerprint density at radius 3 is 2.20 bits per heavy atom. The van der Waals surface area contributed by atoms with E-state index >= 15 is 0 Å². The number of piperidine rings is 1. The van der Waals surface area contributed by atoms with Gasteiger partial charge in [-0.2, -0.15) is 0 Å². The largest absolute Gasteiger partial charge is 0.508 e. The Morgan fingerprint density at radius 1 is 0.943 bits per heavy atom. The first-order valence-electron chi connectivity index (χ1n) is 12.9. The molecular formula is C31H38N2O2. The molecule has 0 radical (unpaired) electrons. The number of phenolic OH excluding ortho intramolecular Hbond substituents is 1. The third-order valence-electron chi connectivity index (χ3n) is 7.76. The van der Waals surface area contributed by atoms with Crippen molar-refractivity contribution in [3.05, 3.63) is 101 Å². The Bertz CT molecular complexity index is 1080. The lowest BCUT2D eigenvalue weighted by Gasteiger charge is -2.38. The number of fused-ring (bicyclic) bond motifs is 2. The van der Waals surface area contributed by atoms with Crippen molar-refractivity contribution in [2.24, 2.45) is 0 Å². The van der Waals surface area contributed by atoms with E-state index in [4.69, 9.17) is 0 Å². The van der Waals surface area contributed by atoms with Gasteiger partial charge in [-0.15, -0.1) is 0 Å². The molecule has 35 heavy (non-hydrogen) atoms. The van der Waals surface area contributed by atoms with Crippen molar-refractivity contribution in [1.29, 1.82) is 0 Å². The molecule has 1 spiro atoms. The number of carbonyl (C=O) groups is 1. The lowest BCUT2D eigenvalue weighted by atomic mass is 9.74. The second kappa shape index (κ2) is 11.7. The van der Waals surface area contributed by atoms with Crippen LogP contribution in [-0.4, -0.2) is 43.0 Å². The molecule has 1 heterocycles. The van der Waals surface area contributed by atoms with E-state index in [1.165, 1.54) is 44.3 Å². The molecule has 0 saturated carbocycles. The summed E-state index contributed by atoms with van der Waals surface area (Å²) in [5.41, 5.74) is 7.24. The van der Waals surface area contributed by atoms with Gasteiger partial charge in [-0.1, -0.05) is 67.6 Å². The fourth-order valence-electron chi connectivity index (χ4n) is 5.54. The lowest BCUT2D eigenvalue weighted by Crippen LogP contribution is -2.39.